The number of amides is 2. The minimum atomic E-state index is -1.56. The molecule has 2 aromatic rings. The van der Waals surface area contributed by atoms with Crippen LogP contribution < -0.4 is 9.62 Å². The molecule has 2 N–H and O–H groups in total. The van der Waals surface area contributed by atoms with Crippen LogP contribution in [0.15, 0.2) is 29.9 Å². The van der Waals surface area contributed by atoms with Crippen LogP contribution in [-0.2, 0) is 11.0 Å². The topological polar surface area (TPSA) is 93.4 Å². The number of carbonyl (C=O) groups is 1. The predicted octanol–water partition coefficient (Wildman–Crippen LogP) is 0.875. The number of nitrogens with zero attached hydrogens (tertiary/aromatic N) is 5. The molecular formula is C19H26N6O3S. The van der Waals surface area contributed by atoms with Crippen molar-refractivity contribution >= 4 is 34.4 Å². The van der Waals surface area contributed by atoms with Gasteiger partial charge in [-0.2, -0.15) is 0 Å². The number of imidazole rings is 1. The normalized spacial score (nSPS) is 19.3. The average molecular weight is 419 g/mol. The van der Waals surface area contributed by atoms with Crippen LogP contribution in [0.5, 0.6) is 0 Å². The number of hydrogen-bond donors (Lipinski definition) is 2. The summed E-state index contributed by atoms with van der Waals surface area (Å²) < 4.78 is 17.5. The molecule has 2 aliphatic rings. The Morgan fingerprint density at radius 1 is 1.34 bits per heavy atom. The summed E-state index contributed by atoms with van der Waals surface area (Å²) in [6, 6.07) is 1.86. The van der Waals surface area contributed by atoms with Crippen molar-refractivity contribution in [1.29, 1.82) is 0 Å². The van der Waals surface area contributed by atoms with Crippen molar-refractivity contribution in [3.63, 3.8) is 0 Å². The standard InChI is InChI=1S/C19H26N6O3S/c1-4-14-12-20-17-16(23-7-9-24(10-8-23)18(26)22(2)3)11-15(13-25(14)17)29(28)21-19(27)5-6-19/h4,11-13,21,27H,1,5-10H2,2-3H3. The second-order valence-electron chi connectivity index (χ2n) is 7.70. The molecule has 10 heteroatoms. The Labute approximate surface area is 172 Å². The molecule has 1 saturated heterocycles. The second kappa shape index (κ2) is 7.43. The summed E-state index contributed by atoms with van der Waals surface area (Å²) in [4.78, 5) is 22.8. The van der Waals surface area contributed by atoms with Crippen molar-refractivity contribution in [1.82, 2.24) is 23.9 Å². The average Bonchev–Trinajstić information content (AvgIpc) is 3.29. The van der Waals surface area contributed by atoms with Gasteiger partial charge in [0.2, 0.25) is 0 Å². The van der Waals surface area contributed by atoms with Crippen LogP contribution in [0.2, 0.25) is 0 Å². The van der Waals surface area contributed by atoms with Gasteiger partial charge in [0.25, 0.3) is 0 Å². The number of hydrogen-bond acceptors (Lipinski definition) is 5. The molecule has 1 aliphatic carbocycles. The van der Waals surface area contributed by atoms with Gasteiger partial charge < -0.3 is 19.8 Å². The molecule has 4 rings (SSSR count). The van der Waals surface area contributed by atoms with Gasteiger partial charge in [-0.05, 0) is 25.0 Å². The van der Waals surface area contributed by atoms with E-state index in [1.54, 1.807) is 37.5 Å². The van der Waals surface area contributed by atoms with E-state index in [1.807, 2.05) is 15.4 Å². The van der Waals surface area contributed by atoms with Gasteiger partial charge in [-0.3, -0.25) is 4.40 Å². The highest BCUT2D eigenvalue weighted by Gasteiger charge is 2.42. The third-order valence-corrected chi connectivity index (χ3v) is 6.51. The maximum atomic E-state index is 12.8. The van der Waals surface area contributed by atoms with E-state index in [1.165, 1.54) is 0 Å². The SMILES string of the molecule is C=Cc1cnc2c(N3CCN(C(=O)N(C)C)CC3)cc(S(=O)NC3(O)CC3)cn12. The van der Waals surface area contributed by atoms with Gasteiger partial charge in [0.05, 0.1) is 22.5 Å². The Bertz CT molecular complexity index is 976. The number of fused-ring (bicyclic) bond motifs is 1. The first-order valence-electron chi connectivity index (χ1n) is 9.58. The maximum Gasteiger partial charge on any atom is 0.319 e. The summed E-state index contributed by atoms with van der Waals surface area (Å²) in [5.41, 5.74) is 1.37. The van der Waals surface area contributed by atoms with E-state index in [2.05, 4.69) is 21.2 Å². The highest BCUT2D eigenvalue weighted by atomic mass is 32.2. The molecule has 0 bridgehead atoms. The molecule has 156 valence electrons. The van der Waals surface area contributed by atoms with Crippen molar-refractivity contribution in [2.45, 2.75) is 23.5 Å². The zero-order valence-electron chi connectivity index (χ0n) is 16.7. The van der Waals surface area contributed by atoms with Crippen molar-refractivity contribution in [2.75, 3.05) is 45.2 Å². The lowest BCUT2D eigenvalue weighted by Gasteiger charge is -2.37. The van der Waals surface area contributed by atoms with Gasteiger partial charge in [-0.1, -0.05) is 6.58 Å². The van der Waals surface area contributed by atoms with Gasteiger partial charge in [-0.25, -0.2) is 18.7 Å². The quantitative estimate of drug-likeness (QED) is 0.703. The Balaban J connectivity index is 1.64. The first kappa shape index (κ1) is 19.9. The molecule has 2 amide bonds. The van der Waals surface area contributed by atoms with Gasteiger partial charge >= 0.3 is 6.03 Å². The summed E-state index contributed by atoms with van der Waals surface area (Å²) in [6.45, 7) is 6.34. The van der Waals surface area contributed by atoms with Crippen LogP contribution in [0.4, 0.5) is 10.5 Å². The van der Waals surface area contributed by atoms with Crippen molar-refractivity contribution in [3.8, 4) is 0 Å². The Hall–Kier alpha value is -2.43. The number of anilines is 1. The first-order valence-corrected chi connectivity index (χ1v) is 10.7. The number of nitrogens with one attached hydrogen (secondary N) is 1. The second-order valence-corrected chi connectivity index (χ2v) is 8.91. The fraction of sp³-hybridized carbons (Fsp3) is 0.474. The van der Waals surface area contributed by atoms with E-state index in [0.717, 1.165) is 17.0 Å². The van der Waals surface area contributed by atoms with E-state index in [0.29, 0.717) is 43.9 Å². The van der Waals surface area contributed by atoms with Crippen LogP contribution in [0.3, 0.4) is 0 Å². The summed E-state index contributed by atoms with van der Waals surface area (Å²) >= 11 is 0. The highest BCUT2D eigenvalue weighted by Crippen LogP contribution is 2.33. The molecule has 0 radical (unpaired) electrons. The predicted molar refractivity (Wildman–Crippen MR) is 112 cm³/mol. The van der Waals surface area contributed by atoms with E-state index in [-0.39, 0.29) is 6.03 Å². The Morgan fingerprint density at radius 2 is 2.03 bits per heavy atom. The minimum Gasteiger partial charge on any atom is -0.375 e. The number of rotatable bonds is 5. The molecule has 2 aromatic heterocycles. The zero-order chi connectivity index (χ0) is 20.8. The van der Waals surface area contributed by atoms with E-state index >= 15 is 0 Å². The lowest BCUT2D eigenvalue weighted by atomic mass is 10.2. The van der Waals surface area contributed by atoms with Gasteiger partial charge in [0.15, 0.2) is 5.65 Å². The van der Waals surface area contributed by atoms with E-state index in [9.17, 15) is 14.1 Å². The van der Waals surface area contributed by atoms with Crippen LogP contribution in [-0.4, -0.2) is 80.5 Å². The lowest BCUT2D eigenvalue weighted by Crippen LogP contribution is -2.51. The summed E-state index contributed by atoms with van der Waals surface area (Å²) in [6.07, 6.45) is 6.39. The first-order chi connectivity index (χ1) is 13.8. The number of urea groups is 1. The Kier molecular flexibility index (Phi) is 5.09. The highest BCUT2D eigenvalue weighted by molar-refractivity contribution is 7.83. The molecule has 3 heterocycles. The molecule has 2 fully saturated rings. The Morgan fingerprint density at radius 3 is 2.62 bits per heavy atom. The molecule has 0 spiro atoms. The maximum absolute atomic E-state index is 12.8. The van der Waals surface area contributed by atoms with E-state index in [4.69, 9.17) is 0 Å². The fourth-order valence-corrected chi connectivity index (χ4v) is 4.51. The number of pyridine rings is 1. The molecular weight excluding hydrogens is 392 g/mol. The molecule has 29 heavy (non-hydrogen) atoms. The molecule has 0 aromatic carbocycles. The lowest BCUT2D eigenvalue weighted by molar-refractivity contribution is 0.141. The summed E-state index contributed by atoms with van der Waals surface area (Å²) in [7, 11) is 1.94. The number of aromatic nitrogens is 2. The van der Waals surface area contributed by atoms with Crippen LogP contribution in [0.25, 0.3) is 11.7 Å². The molecule has 1 saturated carbocycles. The summed E-state index contributed by atoms with van der Waals surface area (Å²) in [5.74, 6) is 0. The molecule has 1 aliphatic heterocycles. The summed E-state index contributed by atoms with van der Waals surface area (Å²) in [5, 5.41) is 10.1. The molecule has 1 unspecified atom stereocenters. The zero-order valence-corrected chi connectivity index (χ0v) is 17.5. The van der Waals surface area contributed by atoms with Crippen LogP contribution >= 0.6 is 0 Å². The largest absolute Gasteiger partial charge is 0.375 e. The van der Waals surface area contributed by atoms with Crippen molar-refractivity contribution in [3.05, 3.63) is 30.7 Å². The monoisotopic (exact) mass is 418 g/mol. The van der Waals surface area contributed by atoms with Gasteiger partial charge in [0.1, 0.15) is 16.7 Å². The molecule has 9 nitrogen and oxygen atoms in total. The third kappa shape index (κ3) is 3.87. The fourth-order valence-electron chi connectivity index (χ4n) is 3.42. The van der Waals surface area contributed by atoms with E-state index < -0.39 is 16.7 Å². The van der Waals surface area contributed by atoms with Crippen LogP contribution in [0, 0.1) is 0 Å². The number of piperazine rings is 1. The van der Waals surface area contributed by atoms with Gasteiger partial charge in [-0.15, -0.1) is 0 Å². The van der Waals surface area contributed by atoms with Gasteiger partial charge in [0, 0.05) is 46.5 Å². The number of carbonyl (C=O) groups excluding carboxylic acids is 1. The van der Waals surface area contributed by atoms with Crippen molar-refractivity contribution in [2.24, 2.45) is 0 Å². The third-order valence-electron chi connectivity index (χ3n) is 5.29. The number of aliphatic hydroxyl groups is 1. The smallest absolute Gasteiger partial charge is 0.319 e. The van der Waals surface area contributed by atoms with Crippen LogP contribution in [0.1, 0.15) is 18.5 Å². The van der Waals surface area contributed by atoms with Crippen molar-refractivity contribution < 1.29 is 14.1 Å². The minimum absolute atomic E-state index is 0.00119. The molecule has 1 atom stereocenters.